The molecule has 1 N–H and O–H groups in total. The van der Waals surface area contributed by atoms with Gasteiger partial charge < -0.3 is 9.73 Å². The molecule has 1 aliphatic rings. The number of halogens is 1. The molecular formula is C19H16FN3O2. The molecule has 4 rings (SSSR count). The van der Waals surface area contributed by atoms with Gasteiger partial charge in [0, 0.05) is 23.4 Å². The van der Waals surface area contributed by atoms with Gasteiger partial charge in [0.15, 0.2) is 6.39 Å². The minimum atomic E-state index is -0.403. The van der Waals surface area contributed by atoms with Gasteiger partial charge in [-0.2, -0.15) is 0 Å². The predicted octanol–water partition coefficient (Wildman–Crippen LogP) is 4.31. The number of pyridine rings is 1. The number of carbonyl (C=O) groups is 1. The van der Waals surface area contributed by atoms with Crippen molar-refractivity contribution >= 4 is 11.6 Å². The minimum absolute atomic E-state index is 0.264. The van der Waals surface area contributed by atoms with E-state index in [4.69, 9.17) is 4.42 Å². The number of aryl methyl sites for hydroxylation is 1. The summed E-state index contributed by atoms with van der Waals surface area (Å²) in [6, 6.07) is 6.95. The second-order valence-electron chi connectivity index (χ2n) is 6.22. The molecule has 0 atom stereocenters. The molecule has 2 heterocycles. The van der Waals surface area contributed by atoms with Crippen molar-refractivity contribution in [3.05, 3.63) is 65.9 Å². The standard InChI is InChI=1S/C19H16FN3O2/c1-11-2-3-13(14-6-15(20)9-21-8-14)7-16(11)23-19(24)18-17(12-4-5-12)22-10-25-18/h2-3,6-10,12H,4-5H2,1H3,(H,23,24). The topological polar surface area (TPSA) is 68.0 Å². The van der Waals surface area contributed by atoms with Gasteiger partial charge in [0.2, 0.25) is 5.76 Å². The van der Waals surface area contributed by atoms with E-state index >= 15 is 0 Å². The van der Waals surface area contributed by atoms with Gasteiger partial charge in [0.25, 0.3) is 5.91 Å². The number of amides is 1. The molecule has 1 aliphatic carbocycles. The number of nitrogens with zero attached hydrogens (tertiary/aromatic N) is 2. The molecule has 1 fully saturated rings. The molecule has 1 amide bonds. The lowest BCUT2D eigenvalue weighted by Crippen LogP contribution is -2.14. The number of hydrogen-bond acceptors (Lipinski definition) is 4. The summed E-state index contributed by atoms with van der Waals surface area (Å²) >= 11 is 0. The number of carbonyl (C=O) groups excluding carboxylic acids is 1. The lowest BCUT2D eigenvalue weighted by molar-refractivity contribution is 0.0995. The highest BCUT2D eigenvalue weighted by Crippen LogP contribution is 2.41. The first-order valence-corrected chi connectivity index (χ1v) is 8.08. The Morgan fingerprint density at radius 1 is 1.24 bits per heavy atom. The number of nitrogens with one attached hydrogen (secondary N) is 1. The van der Waals surface area contributed by atoms with Crippen molar-refractivity contribution in [2.75, 3.05) is 5.32 Å². The molecule has 3 aromatic rings. The Hall–Kier alpha value is -3.02. The van der Waals surface area contributed by atoms with E-state index in [1.54, 1.807) is 12.3 Å². The van der Waals surface area contributed by atoms with E-state index in [1.807, 2.05) is 19.1 Å². The van der Waals surface area contributed by atoms with Crippen LogP contribution in [-0.2, 0) is 0 Å². The molecule has 0 radical (unpaired) electrons. The van der Waals surface area contributed by atoms with Crippen molar-refractivity contribution in [1.29, 1.82) is 0 Å². The van der Waals surface area contributed by atoms with Crippen LogP contribution in [0.3, 0.4) is 0 Å². The van der Waals surface area contributed by atoms with Crippen LogP contribution in [0.15, 0.2) is 47.5 Å². The van der Waals surface area contributed by atoms with Crippen molar-refractivity contribution in [2.45, 2.75) is 25.7 Å². The summed E-state index contributed by atoms with van der Waals surface area (Å²) in [5, 5.41) is 2.87. The first-order valence-electron chi connectivity index (χ1n) is 8.08. The lowest BCUT2D eigenvalue weighted by Gasteiger charge is -2.10. The Bertz CT molecular complexity index is 947. The summed E-state index contributed by atoms with van der Waals surface area (Å²) in [7, 11) is 0. The summed E-state index contributed by atoms with van der Waals surface area (Å²) in [5.41, 5.74) is 3.68. The molecule has 2 aromatic heterocycles. The van der Waals surface area contributed by atoms with Crippen LogP contribution in [0.5, 0.6) is 0 Å². The van der Waals surface area contributed by atoms with Crippen molar-refractivity contribution in [2.24, 2.45) is 0 Å². The summed E-state index contributed by atoms with van der Waals surface area (Å²) in [6.45, 7) is 1.89. The van der Waals surface area contributed by atoms with Crippen LogP contribution < -0.4 is 5.32 Å². The fourth-order valence-corrected chi connectivity index (χ4v) is 2.76. The Balaban J connectivity index is 1.62. The summed E-state index contributed by atoms with van der Waals surface area (Å²) < 4.78 is 18.7. The largest absolute Gasteiger partial charge is 0.438 e. The lowest BCUT2D eigenvalue weighted by atomic mass is 10.0. The SMILES string of the molecule is Cc1ccc(-c2cncc(F)c2)cc1NC(=O)c1ocnc1C1CC1. The van der Waals surface area contributed by atoms with Crippen LogP contribution >= 0.6 is 0 Å². The fraction of sp³-hybridized carbons (Fsp3) is 0.211. The molecule has 0 spiro atoms. The molecule has 0 unspecified atom stereocenters. The zero-order chi connectivity index (χ0) is 17.4. The van der Waals surface area contributed by atoms with Crippen molar-refractivity contribution < 1.29 is 13.6 Å². The van der Waals surface area contributed by atoms with Crippen LogP contribution in [0.2, 0.25) is 0 Å². The van der Waals surface area contributed by atoms with Crippen molar-refractivity contribution in [3.8, 4) is 11.1 Å². The summed E-state index contributed by atoms with van der Waals surface area (Å²) in [6.07, 6.45) is 6.12. The Morgan fingerprint density at radius 3 is 2.84 bits per heavy atom. The van der Waals surface area contributed by atoms with E-state index in [0.717, 1.165) is 35.9 Å². The maximum Gasteiger partial charge on any atom is 0.293 e. The summed E-state index contributed by atoms with van der Waals surface area (Å²) in [4.78, 5) is 20.6. The third-order valence-electron chi connectivity index (χ3n) is 4.29. The average molecular weight is 337 g/mol. The zero-order valence-corrected chi connectivity index (χ0v) is 13.6. The number of benzene rings is 1. The van der Waals surface area contributed by atoms with Gasteiger partial charge in [-0.25, -0.2) is 9.37 Å². The summed E-state index contributed by atoms with van der Waals surface area (Å²) in [5.74, 6) is -0.138. The van der Waals surface area contributed by atoms with Gasteiger partial charge in [-0.15, -0.1) is 0 Å². The van der Waals surface area contributed by atoms with E-state index in [-0.39, 0.29) is 11.7 Å². The number of hydrogen-bond donors (Lipinski definition) is 1. The van der Waals surface area contributed by atoms with E-state index in [2.05, 4.69) is 15.3 Å². The van der Waals surface area contributed by atoms with Crippen LogP contribution in [0.1, 0.15) is 40.6 Å². The molecule has 1 saturated carbocycles. The second-order valence-corrected chi connectivity index (χ2v) is 6.22. The average Bonchev–Trinajstić information content (AvgIpc) is 3.33. The third-order valence-corrected chi connectivity index (χ3v) is 4.29. The molecule has 25 heavy (non-hydrogen) atoms. The van der Waals surface area contributed by atoms with E-state index in [1.165, 1.54) is 12.5 Å². The van der Waals surface area contributed by atoms with Gasteiger partial charge in [-0.3, -0.25) is 9.78 Å². The van der Waals surface area contributed by atoms with Gasteiger partial charge >= 0.3 is 0 Å². The minimum Gasteiger partial charge on any atom is -0.438 e. The molecule has 5 nitrogen and oxygen atoms in total. The first-order chi connectivity index (χ1) is 12.1. The highest BCUT2D eigenvalue weighted by molar-refractivity contribution is 6.03. The molecular weight excluding hydrogens is 321 g/mol. The second kappa shape index (κ2) is 6.12. The number of rotatable bonds is 4. The number of oxazole rings is 1. The zero-order valence-electron chi connectivity index (χ0n) is 13.6. The first kappa shape index (κ1) is 15.5. The third kappa shape index (κ3) is 3.15. The quantitative estimate of drug-likeness (QED) is 0.770. The van der Waals surface area contributed by atoms with Gasteiger partial charge in [0.1, 0.15) is 5.82 Å². The molecule has 0 aliphatic heterocycles. The van der Waals surface area contributed by atoms with Crippen LogP contribution in [0.4, 0.5) is 10.1 Å². The monoisotopic (exact) mass is 337 g/mol. The Labute approximate surface area is 143 Å². The van der Waals surface area contributed by atoms with Gasteiger partial charge in [-0.05, 0) is 43.0 Å². The molecule has 126 valence electrons. The van der Waals surface area contributed by atoms with Crippen LogP contribution in [0.25, 0.3) is 11.1 Å². The van der Waals surface area contributed by atoms with Crippen molar-refractivity contribution in [3.63, 3.8) is 0 Å². The highest BCUT2D eigenvalue weighted by Gasteiger charge is 2.32. The van der Waals surface area contributed by atoms with E-state index in [0.29, 0.717) is 17.2 Å². The Kier molecular flexibility index (Phi) is 3.80. The van der Waals surface area contributed by atoms with Gasteiger partial charge in [-0.1, -0.05) is 12.1 Å². The predicted molar refractivity (Wildman–Crippen MR) is 90.8 cm³/mol. The van der Waals surface area contributed by atoms with Gasteiger partial charge in [0.05, 0.1) is 11.9 Å². The number of aromatic nitrogens is 2. The van der Waals surface area contributed by atoms with Crippen molar-refractivity contribution in [1.82, 2.24) is 9.97 Å². The smallest absolute Gasteiger partial charge is 0.293 e. The maximum atomic E-state index is 13.4. The van der Waals surface area contributed by atoms with Crippen LogP contribution in [0, 0.1) is 12.7 Å². The molecule has 0 saturated heterocycles. The molecule has 0 bridgehead atoms. The molecule has 6 heteroatoms. The van der Waals surface area contributed by atoms with Crippen LogP contribution in [-0.4, -0.2) is 15.9 Å². The normalized spacial score (nSPS) is 13.7. The number of anilines is 1. The maximum absolute atomic E-state index is 13.4. The van der Waals surface area contributed by atoms with E-state index < -0.39 is 5.82 Å². The van der Waals surface area contributed by atoms with E-state index in [9.17, 15) is 9.18 Å². The highest BCUT2D eigenvalue weighted by atomic mass is 19.1. The molecule has 1 aromatic carbocycles. The fourth-order valence-electron chi connectivity index (χ4n) is 2.76. The Morgan fingerprint density at radius 2 is 2.08 bits per heavy atom.